The Morgan fingerprint density at radius 3 is 1.80 bits per heavy atom. The van der Waals surface area contributed by atoms with E-state index in [1.54, 1.807) is 0 Å². The third kappa shape index (κ3) is 4.86. The number of rotatable bonds is 14. The van der Waals surface area contributed by atoms with Crippen LogP contribution in [-0.2, 0) is 13.1 Å². The van der Waals surface area contributed by atoms with Crippen LogP contribution in [0, 0.1) is 0 Å². The molecule has 0 aliphatic heterocycles. The highest BCUT2D eigenvalue weighted by molar-refractivity contribution is 6.44. The maximum Gasteiger partial charge on any atom is 0.263 e. The molecule has 0 saturated heterocycles. The molecule has 0 atom stereocenters. The molecule has 8 heteroatoms. The van der Waals surface area contributed by atoms with Crippen molar-refractivity contribution in [3.05, 3.63) is 79.6 Å². The zero-order valence-corrected chi connectivity index (χ0v) is 29.0. The Kier molecular flexibility index (Phi) is 8.41. The highest BCUT2D eigenvalue weighted by Crippen LogP contribution is 2.47. The molecule has 4 aromatic heterocycles. The van der Waals surface area contributed by atoms with Crippen molar-refractivity contribution in [3.8, 4) is 5.88 Å². The van der Waals surface area contributed by atoms with Gasteiger partial charge in [-0.1, -0.05) is 114 Å². The van der Waals surface area contributed by atoms with Gasteiger partial charge >= 0.3 is 0 Å². The topological polar surface area (TPSA) is 110 Å². The second kappa shape index (κ2) is 13.0. The lowest BCUT2D eigenvalue weighted by Gasteiger charge is -2.19. The average Bonchev–Trinajstić information content (AvgIpc) is 3.70. The highest BCUT2D eigenvalue weighted by atomic mass is 16.3. The van der Waals surface area contributed by atoms with Gasteiger partial charge in [-0.15, -0.1) is 0 Å². The molecule has 0 bridgehead atoms. The Labute approximate surface area is 289 Å². The Morgan fingerprint density at radius 1 is 0.560 bits per heavy atom. The van der Waals surface area contributed by atoms with Crippen LogP contribution in [0.5, 0.6) is 5.88 Å². The van der Waals surface area contributed by atoms with E-state index in [0.717, 1.165) is 80.5 Å². The molecule has 256 valence electrons. The van der Waals surface area contributed by atoms with Crippen molar-refractivity contribution in [2.45, 2.75) is 104 Å². The third-order valence-corrected chi connectivity index (χ3v) is 10.9. The van der Waals surface area contributed by atoms with Crippen molar-refractivity contribution in [2.24, 2.45) is 0 Å². The maximum absolute atomic E-state index is 14.8. The van der Waals surface area contributed by atoms with Crippen LogP contribution in [0.1, 0.15) is 90.9 Å². The van der Waals surface area contributed by atoms with E-state index in [1.165, 1.54) is 22.0 Å². The number of hydrogen-bond acceptors (Lipinski definition) is 5. The third-order valence-electron chi connectivity index (χ3n) is 10.9. The van der Waals surface area contributed by atoms with Gasteiger partial charge in [0.15, 0.2) is 0 Å². The molecule has 8 nitrogen and oxygen atoms in total. The van der Waals surface area contributed by atoms with Crippen LogP contribution in [0.3, 0.4) is 0 Å². The molecular weight excluding hydrogens is 624 g/mol. The first-order chi connectivity index (χ1) is 24.5. The van der Waals surface area contributed by atoms with Gasteiger partial charge in [-0.05, 0) is 25.0 Å². The summed E-state index contributed by atoms with van der Waals surface area (Å²) in [4.78, 5) is 52.8. The molecule has 0 fully saturated rings. The number of aromatic hydroxyl groups is 1. The first kappa shape index (κ1) is 32.2. The van der Waals surface area contributed by atoms with Crippen molar-refractivity contribution >= 4 is 75.9 Å². The van der Waals surface area contributed by atoms with E-state index in [0.29, 0.717) is 72.7 Å². The fourth-order valence-corrected chi connectivity index (χ4v) is 8.45. The number of nitrogens with zero attached hydrogens (tertiary/aromatic N) is 3. The van der Waals surface area contributed by atoms with E-state index >= 15 is 0 Å². The summed E-state index contributed by atoms with van der Waals surface area (Å²) < 4.78 is 2.90. The maximum atomic E-state index is 14.8. The summed E-state index contributed by atoms with van der Waals surface area (Å²) in [5.41, 5.74) is 1.49. The molecule has 0 amide bonds. The van der Waals surface area contributed by atoms with Crippen molar-refractivity contribution in [3.63, 3.8) is 0 Å². The zero-order valence-electron chi connectivity index (χ0n) is 29.0. The van der Waals surface area contributed by atoms with Gasteiger partial charge in [0.25, 0.3) is 16.7 Å². The molecule has 4 aromatic carbocycles. The summed E-state index contributed by atoms with van der Waals surface area (Å²) in [5.74, 6) is -0.161. The van der Waals surface area contributed by atoms with E-state index in [2.05, 4.69) is 18.8 Å². The van der Waals surface area contributed by atoms with Gasteiger partial charge in [0.2, 0.25) is 5.88 Å². The van der Waals surface area contributed by atoms with Crippen molar-refractivity contribution in [2.75, 3.05) is 0 Å². The lowest BCUT2D eigenvalue weighted by atomic mass is 9.90. The minimum atomic E-state index is -0.364. The summed E-state index contributed by atoms with van der Waals surface area (Å²) >= 11 is 0. The molecule has 0 spiro atoms. The smallest absolute Gasteiger partial charge is 0.263 e. The van der Waals surface area contributed by atoms with Crippen LogP contribution >= 0.6 is 0 Å². The van der Waals surface area contributed by atoms with Gasteiger partial charge in [-0.3, -0.25) is 23.5 Å². The Balaban J connectivity index is 1.51. The van der Waals surface area contributed by atoms with E-state index in [1.807, 2.05) is 48.5 Å². The number of H-pyrrole nitrogens is 1. The summed E-state index contributed by atoms with van der Waals surface area (Å²) in [7, 11) is 0. The number of aromatic nitrogens is 4. The molecule has 8 aromatic rings. The number of benzene rings is 4. The number of unbranched alkanes of at least 4 members (excludes halogenated alkanes) is 10. The largest absolute Gasteiger partial charge is 0.494 e. The fraction of sp³-hybridized carbons (Fsp3) is 0.381. The normalized spacial score (nSPS) is 12.4. The average molecular weight is 669 g/mol. The fourth-order valence-electron chi connectivity index (χ4n) is 8.45. The number of nitrogens with one attached hydrogen (secondary N) is 1. The highest BCUT2D eigenvalue weighted by Gasteiger charge is 2.30. The molecule has 4 heterocycles. The van der Waals surface area contributed by atoms with Crippen molar-refractivity contribution in [1.29, 1.82) is 0 Å². The van der Waals surface area contributed by atoms with Crippen LogP contribution in [0.15, 0.2) is 62.9 Å². The Hall–Kier alpha value is -4.98. The molecule has 2 N–H and O–H groups in total. The minimum Gasteiger partial charge on any atom is -0.494 e. The van der Waals surface area contributed by atoms with Gasteiger partial charge in [0, 0.05) is 50.9 Å². The number of pyridine rings is 2. The molecule has 0 aliphatic rings. The molecule has 50 heavy (non-hydrogen) atoms. The summed E-state index contributed by atoms with van der Waals surface area (Å²) in [6.07, 6.45) is 12.4. The van der Waals surface area contributed by atoms with E-state index in [-0.39, 0.29) is 22.6 Å². The number of hydrogen-bond donors (Lipinski definition) is 2. The first-order valence-corrected chi connectivity index (χ1v) is 18.6. The monoisotopic (exact) mass is 668 g/mol. The van der Waals surface area contributed by atoms with Crippen LogP contribution < -0.4 is 16.7 Å². The predicted octanol–water partition coefficient (Wildman–Crippen LogP) is 9.47. The second-order valence-electron chi connectivity index (χ2n) is 14.1. The standard InChI is InChI=1S/C42H44N4O4/c1-3-5-7-9-11-17-23-45-39(47)33-29-25-19-13-15-21-27(25)43-37(29)35-32-31(33)34(40(45)48)30-26-20-14-16-22-28(26)44-38(30)36(32)42(50)46(41(35)49)24-18-12-10-8-6-4-2/h13-16,19-22,43,50H,3-12,17-18,23-24H2,1-2H3. The summed E-state index contributed by atoms with van der Waals surface area (Å²) in [6.45, 7) is 5.04. The molecular formula is C42H44N4O4. The second-order valence-corrected chi connectivity index (χ2v) is 14.1. The Morgan fingerprint density at radius 2 is 1.10 bits per heavy atom. The lowest BCUT2D eigenvalue weighted by Crippen LogP contribution is -2.34. The molecule has 0 unspecified atom stereocenters. The first-order valence-electron chi connectivity index (χ1n) is 18.6. The molecule has 0 saturated carbocycles. The van der Waals surface area contributed by atoms with Gasteiger partial charge in [-0.2, -0.15) is 0 Å². The molecule has 0 aliphatic carbocycles. The summed E-state index contributed by atoms with van der Waals surface area (Å²) in [5, 5.41) is 17.5. The van der Waals surface area contributed by atoms with Gasteiger partial charge < -0.3 is 10.1 Å². The predicted molar refractivity (Wildman–Crippen MR) is 207 cm³/mol. The number of para-hydroxylation sites is 2. The number of aromatic amines is 1. The van der Waals surface area contributed by atoms with Gasteiger partial charge in [0.05, 0.1) is 38.1 Å². The van der Waals surface area contributed by atoms with Crippen LogP contribution in [0.4, 0.5) is 0 Å². The minimum absolute atomic E-state index is 0.161. The van der Waals surface area contributed by atoms with E-state index in [9.17, 15) is 19.5 Å². The van der Waals surface area contributed by atoms with Crippen LogP contribution in [0.25, 0.3) is 75.9 Å². The van der Waals surface area contributed by atoms with Crippen molar-refractivity contribution < 1.29 is 5.11 Å². The van der Waals surface area contributed by atoms with Crippen molar-refractivity contribution in [1.82, 2.24) is 19.1 Å². The number of fused-ring (bicyclic) bond motifs is 10. The van der Waals surface area contributed by atoms with E-state index in [4.69, 9.17) is 4.98 Å². The van der Waals surface area contributed by atoms with Gasteiger partial charge in [0.1, 0.15) is 0 Å². The van der Waals surface area contributed by atoms with Crippen LogP contribution in [0.2, 0.25) is 0 Å². The SMILES string of the molecule is CCCCCCCCn1c(O)c2c3nc4ccccc4c3c3c(=O)n(CCCCCCCC)c(=O)c4c5c6ccccc6[nH]c5c(c1=O)c2c34. The van der Waals surface area contributed by atoms with Gasteiger partial charge in [-0.25, -0.2) is 4.98 Å². The lowest BCUT2D eigenvalue weighted by molar-refractivity contribution is 0.406. The molecule has 8 rings (SSSR count). The summed E-state index contributed by atoms with van der Waals surface area (Å²) in [6, 6.07) is 15.5. The van der Waals surface area contributed by atoms with Crippen LogP contribution in [-0.4, -0.2) is 24.2 Å². The zero-order chi connectivity index (χ0) is 34.5. The van der Waals surface area contributed by atoms with E-state index < -0.39 is 0 Å². The Bertz CT molecular complexity index is 2690. The quantitative estimate of drug-likeness (QED) is 0.0886. The molecule has 0 radical (unpaired) electrons.